The van der Waals surface area contributed by atoms with Gasteiger partial charge < -0.3 is 13.9 Å². The maximum absolute atomic E-state index is 11.9. The first-order valence-corrected chi connectivity index (χ1v) is 12.0. The molecule has 0 aromatic carbocycles. The van der Waals surface area contributed by atoms with Gasteiger partial charge in [0.15, 0.2) is 5.76 Å². The van der Waals surface area contributed by atoms with Crippen LogP contribution in [0.4, 0.5) is 0 Å². The highest BCUT2D eigenvalue weighted by molar-refractivity contribution is 7.86. The average molecular weight is 402 g/mol. The van der Waals surface area contributed by atoms with Gasteiger partial charge in [-0.2, -0.15) is 8.42 Å². The first-order chi connectivity index (χ1) is 12.9. The molecule has 0 atom stereocenters. The summed E-state index contributed by atoms with van der Waals surface area (Å²) >= 11 is 0. The topological polar surface area (TPSA) is 85.6 Å². The minimum Gasteiger partial charge on any atom is -0.420 e. The zero-order chi connectivity index (χ0) is 20.0. The van der Waals surface area contributed by atoms with Crippen molar-refractivity contribution in [3.05, 3.63) is 17.9 Å². The highest BCUT2D eigenvalue weighted by atomic mass is 32.2. The largest absolute Gasteiger partial charge is 0.420 e. The molecule has 1 heterocycles. The Morgan fingerprint density at radius 2 is 1.44 bits per heavy atom. The zero-order valence-corrected chi connectivity index (χ0v) is 17.6. The Bertz CT molecular complexity index is 624. The molecule has 7 heteroatoms. The van der Waals surface area contributed by atoms with E-state index in [-0.39, 0.29) is 17.6 Å². The van der Waals surface area contributed by atoms with E-state index in [4.69, 9.17) is 4.42 Å². The SMILES string of the molecule is CCCCCCCCCCCCCCNC(=O)c1ccc(OS(C)(=O)=O)o1. The summed E-state index contributed by atoms with van der Waals surface area (Å²) in [6, 6.07) is 2.72. The highest BCUT2D eigenvalue weighted by Gasteiger charge is 2.14. The van der Waals surface area contributed by atoms with Gasteiger partial charge in [0.25, 0.3) is 5.91 Å². The number of amides is 1. The van der Waals surface area contributed by atoms with E-state index in [0.717, 1.165) is 19.1 Å². The second kappa shape index (κ2) is 13.6. The lowest BCUT2D eigenvalue weighted by atomic mass is 10.1. The summed E-state index contributed by atoms with van der Waals surface area (Å²) in [5.74, 6) is -0.512. The van der Waals surface area contributed by atoms with E-state index >= 15 is 0 Å². The van der Waals surface area contributed by atoms with E-state index in [1.165, 1.54) is 76.3 Å². The Labute approximate surface area is 164 Å². The van der Waals surface area contributed by atoms with Crippen LogP contribution in [0.2, 0.25) is 0 Å². The summed E-state index contributed by atoms with van der Waals surface area (Å²) in [6.07, 6.45) is 16.2. The van der Waals surface area contributed by atoms with Crippen LogP contribution in [-0.2, 0) is 10.1 Å². The van der Waals surface area contributed by atoms with Crippen molar-refractivity contribution in [1.29, 1.82) is 0 Å². The van der Waals surface area contributed by atoms with E-state index in [9.17, 15) is 13.2 Å². The third kappa shape index (κ3) is 12.5. The molecule has 0 aliphatic rings. The van der Waals surface area contributed by atoms with Crippen molar-refractivity contribution in [3.63, 3.8) is 0 Å². The number of carbonyl (C=O) groups is 1. The van der Waals surface area contributed by atoms with Gasteiger partial charge in [-0.25, -0.2) is 0 Å². The molecule has 0 saturated heterocycles. The van der Waals surface area contributed by atoms with Gasteiger partial charge in [0, 0.05) is 12.6 Å². The summed E-state index contributed by atoms with van der Waals surface area (Å²) in [6.45, 7) is 2.83. The Morgan fingerprint density at radius 1 is 0.926 bits per heavy atom. The van der Waals surface area contributed by atoms with E-state index in [1.807, 2.05) is 0 Å². The molecule has 156 valence electrons. The molecule has 27 heavy (non-hydrogen) atoms. The lowest BCUT2D eigenvalue weighted by Gasteiger charge is -2.04. The Kier molecular flexibility index (Phi) is 11.9. The number of nitrogens with one attached hydrogen (secondary N) is 1. The first-order valence-electron chi connectivity index (χ1n) is 10.2. The molecule has 1 aromatic rings. The predicted molar refractivity (Wildman–Crippen MR) is 108 cm³/mol. The van der Waals surface area contributed by atoms with E-state index in [1.54, 1.807) is 0 Å². The van der Waals surface area contributed by atoms with Crippen molar-refractivity contribution in [2.45, 2.75) is 84.0 Å². The lowest BCUT2D eigenvalue weighted by molar-refractivity contribution is 0.0921. The standard InChI is InChI=1S/C20H35NO5S/c1-3-4-5-6-7-8-9-10-11-12-13-14-17-21-20(22)18-15-16-19(25-18)26-27(2,23)24/h15-16H,3-14,17H2,1-2H3,(H,21,22). The quantitative estimate of drug-likeness (QED) is 0.309. The molecule has 1 rings (SSSR count). The molecule has 0 fully saturated rings. The van der Waals surface area contributed by atoms with Crippen LogP contribution in [-0.4, -0.2) is 27.1 Å². The molecule has 0 radical (unpaired) electrons. The van der Waals surface area contributed by atoms with Crippen molar-refractivity contribution < 1.29 is 21.8 Å². The van der Waals surface area contributed by atoms with E-state index in [2.05, 4.69) is 16.4 Å². The fourth-order valence-electron chi connectivity index (χ4n) is 2.89. The van der Waals surface area contributed by atoms with Crippen LogP contribution >= 0.6 is 0 Å². The number of hydrogen-bond acceptors (Lipinski definition) is 5. The zero-order valence-electron chi connectivity index (χ0n) is 16.8. The Balaban J connectivity index is 1.98. The fourth-order valence-corrected chi connectivity index (χ4v) is 3.28. The summed E-state index contributed by atoms with van der Waals surface area (Å²) in [7, 11) is -3.66. The highest BCUT2D eigenvalue weighted by Crippen LogP contribution is 2.17. The van der Waals surface area contributed by atoms with Crippen LogP contribution in [0.5, 0.6) is 5.95 Å². The minimum atomic E-state index is -3.66. The third-order valence-corrected chi connectivity index (χ3v) is 4.82. The molecule has 1 amide bonds. The molecule has 1 N–H and O–H groups in total. The van der Waals surface area contributed by atoms with E-state index < -0.39 is 10.1 Å². The van der Waals surface area contributed by atoms with Gasteiger partial charge >= 0.3 is 16.1 Å². The van der Waals surface area contributed by atoms with E-state index in [0.29, 0.717) is 6.54 Å². The monoisotopic (exact) mass is 401 g/mol. The predicted octanol–water partition coefficient (Wildman–Crippen LogP) is 5.05. The normalized spacial score (nSPS) is 11.5. The van der Waals surface area contributed by atoms with Gasteiger partial charge in [-0.05, 0) is 12.5 Å². The van der Waals surface area contributed by atoms with Crippen LogP contribution in [0.25, 0.3) is 0 Å². The molecule has 1 aromatic heterocycles. The maximum atomic E-state index is 11.9. The van der Waals surface area contributed by atoms with Crippen molar-refractivity contribution >= 4 is 16.0 Å². The lowest BCUT2D eigenvalue weighted by Crippen LogP contribution is -2.23. The fraction of sp³-hybridized carbons (Fsp3) is 0.750. The number of carbonyl (C=O) groups excluding carboxylic acids is 1. The van der Waals surface area contributed by atoms with Crippen molar-refractivity contribution in [2.75, 3.05) is 12.8 Å². The van der Waals surface area contributed by atoms with Gasteiger partial charge in [-0.15, -0.1) is 0 Å². The molecule has 0 spiro atoms. The molecular formula is C20H35NO5S. The number of furan rings is 1. The van der Waals surface area contributed by atoms with Crippen LogP contribution in [0.15, 0.2) is 16.5 Å². The smallest absolute Gasteiger partial charge is 0.308 e. The molecule has 0 bridgehead atoms. The molecule has 0 aliphatic carbocycles. The molecule has 6 nitrogen and oxygen atoms in total. The molecule has 0 saturated carbocycles. The van der Waals surface area contributed by atoms with Gasteiger partial charge in [0.05, 0.1) is 6.26 Å². The van der Waals surface area contributed by atoms with Crippen LogP contribution in [0.1, 0.15) is 94.5 Å². The van der Waals surface area contributed by atoms with Gasteiger partial charge in [0.2, 0.25) is 0 Å². The number of unbranched alkanes of at least 4 members (excludes halogenated alkanes) is 11. The summed E-state index contributed by atoms with van der Waals surface area (Å²) in [4.78, 5) is 11.9. The van der Waals surface area contributed by atoms with Crippen molar-refractivity contribution in [1.82, 2.24) is 5.32 Å². The van der Waals surface area contributed by atoms with Gasteiger partial charge in [0.1, 0.15) is 0 Å². The minimum absolute atomic E-state index is 0.0487. The van der Waals surface area contributed by atoms with Crippen LogP contribution in [0.3, 0.4) is 0 Å². The van der Waals surface area contributed by atoms with Gasteiger partial charge in [-0.3, -0.25) is 4.79 Å². The summed E-state index contributed by atoms with van der Waals surface area (Å²) < 4.78 is 31.7. The summed E-state index contributed by atoms with van der Waals surface area (Å²) in [5.41, 5.74) is 0. The Morgan fingerprint density at radius 3 is 1.96 bits per heavy atom. The molecular weight excluding hydrogens is 366 g/mol. The summed E-state index contributed by atoms with van der Waals surface area (Å²) in [5, 5.41) is 2.77. The second-order valence-corrected chi connectivity index (χ2v) is 8.63. The average Bonchev–Trinajstić information content (AvgIpc) is 3.05. The number of hydrogen-bond donors (Lipinski definition) is 1. The Hall–Kier alpha value is -1.50. The molecule has 0 aliphatic heterocycles. The third-order valence-electron chi connectivity index (χ3n) is 4.35. The van der Waals surface area contributed by atoms with Crippen molar-refractivity contribution in [2.24, 2.45) is 0 Å². The van der Waals surface area contributed by atoms with Crippen LogP contribution < -0.4 is 9.50 Å². The first kappa shape index (κ1) is 23.5. The molecule has 0 unspecified atom stereocenters. The van der Waals surface area contributed by atoms with Gasteiger partial charge in [-0.1, -0.05) is 77.6 Å². The van der Waals surface area contributed by atoms with Crippen molar-refractivity contribution in [3.8, 4) is 5.95 Å². The number of rotatable bonds is 16. The second-order valence-electron chi connectivity index (χ2n) is 7.05. The maximum Gasteiger partial charge on any atom is 0.308 e. The van der Waals surface area contributed by atoms with Crippen LogP contribution in [0, 0.1) is 0 Å².